The van der Waals surface area contributed by atoms with Gasteiger partial charge in [-0.25, -0.2) is 0 Å². The Morgan fingerprint density at radius 1 is 1.08 bits per heavy atom. The van der Waals surface area contributed by atoms with Gasteiger partial charge < -0.3 is 24.2 Å². The van der Waals surface area contributed by atoms with E-state index in [-0.39, 0.29) is 25.2 Å². The Labute approximate surface area is 155 Å². The van der Waals surface area contributed by atoms with Gasteiger partial charge in [0.2, 0.25) is 0 Å². The Kier molecular flexibility index (Phi) is 12.0. The van der Waals surface area contributed by atoms with E-state index in [2.05, 4.69) is 0 Å². The zero-order valence-electron chi connectivity index (χ0n) is 16.0. The molecule has 0 amide bonds. The average Bonchev–Trinajstić information content (AvgIpc) is 2.46. The summed E-state index contributed by atoms with van der Waals surface area (Å²) in [6.45, 7) is 0.415. The van der Waals surface area contributed by atoms with Crippen LogP contribution in [0.15, 0.2) is 24.3 Å². The fourth-order valence-electron chi connectivity index (χ4n) is 2.29. The minimum atomic E-state index is -1.22. The van der Waals surface area contributed by atoms with E-state index in [0.29, 0.717) is 23.9 Å². The molecule has 0 fully saturated rings. The van der Waals surface area contributed by atoms with Crippen LogP contribution >= 0.6 is 0 Å². The van der Waals surface area contributed by atoms with Crippen molar-refractivity contribution in [3.63, 3.8) is 0 Å². The second kappa shape index (κ2) is 13.1. The maximum Gasteiger partial charge on any atom is 0.307 e. The van der Waals surface area contributed by atoms with Gasteiger partial charge in [-0.05, 0) is 25.7 Å². The lowest BCUT2D eigenvalue weighted by Gasteiger charge is -2.29. The van der Waals surface area contributed by atoms with Crippen molar-refractivity contribution in [3.05, 3.63) is 24.3 Å². The molecule has 0 aromatic heterocycles. The van der Waals surface area contributed by atoms with E-state index in [1.54, 1.807) is 12.2 Å². The van der Waals surface area contributed by atoms with E-state index in [4.69, 9.17) is 9.84 Å². The van der Waals surface area contributed by atoms with Crippen LogP contribution in [0.4, 0.5) is 0 Å². The smallest absolute Gasteiger partial charge is 0.307 e. The van der Waals surface area contributed by atoms with Gasteiger partial charge in [-0.3, -0.25) is 9.59 Å². The molecular weight excluding hydrogens is 338 g/mol. The molecule has 0 rings (SSSR count). The van der Waals surface area contributed by atoms with Gasteiger partial charge in [0, 0.05) is 18.8 Å². The summed E-state index contributed by atoms with van der Waals surface area (Å²) in [5.74, 6) is -2.45. The summed E-state index contributed by atoms with van der Waals surface area (Å²) in [5.41, 5.74) is 0. The van der Waals surface area contributed by atoms with Crippen molar-refractivity contribution < 1.29 is 33.8 Å². The normalized spacial score (nSPS) is 13.2. The third kappa shape index (κ3) is 16.7. The van der Waals surface area contributed by atoms with Crippen LogP contribution in [0.1, 0.15) is 44.9 Å². The molecular formula is C19H31NO6. The molecule has 0 bridgehead atoms. The third-order valence-corrected chi connectivity index (χ3v) is 3.34. The summed E-state index contributed by atoms with van der Waals surface area (Å²) in [7, 11) is 5.71. The van der Waals surface area contributed by atoms with Crippen LogP contribution in [-0.4, -0.2) is 61.3 Å². The number of carbonyl (C=O) groups excluding carboxylic acids is 2. The van der Waals surface area contributed by atoms with Gasteiger partial charge in [0.25, 0.3) is 0 Å². The number of likely N-dealkylation sites (N-methyl/N-ethyl adjacent to an activating group) is 1. The fourth-order valence-corrected chi connectivity index (χ4v) is 2.29. The number of ether oxygens (including phenoxy) is 1. The SMILES string of the molecule is C[N+](C)(C)CC(CC(=O)[O-])OC(=O)CCCC/C=C/C/C=C/CC(=O)O. The lowest BCUT2D eigenvalue weighted by Crippen LogP contribution is -2.45. The largest absolute Gasteiger partial charge is 0.550 e. The molecule has 0 saturated carbocycles. The molecule has 0 aliphatic carbocycles. The van der Waals surface area contributed by atoms with E-state index in [9.17, 15) is 19.5 Å². The highest BCUT2D eigenvalue weighted by molar-refractivity contribution is 5.71. The van der Waals surface area contributed by atoms with E-state index in [1.165, 1.54) is 0 Å². The molecule has 0 radical (unpaired) electrons. The van der Waals surface area contributed by atoms with Crippen LogP contribution in [0.5, 0.6) is 0 Å². The second-order valence-electron chi connectivity index (χ2n) is 7.18. The first-order valence-electron chi connectivity index (χ1n) is 8.81. The Bertz CT molecular complexity index is 505. The van der Waals surface area contributed by atoms with Gasteiger partial charge in [-0.1, -0.05) is 24.3 Å². The summed E-state index contributed by atoms with van der Waals surface area (Å²) < 4.78 is 5.78. The van der Waals surface area contributed by atoms with Crippen LogP contribution in [-0.2, 0) is 19.1 Å². The average molecular weight is 369 g/mol. The maximum atomic E-state index is 11.9. The highest BCUT2D eigenvalue weighted by atomic mass is 16.5. The number of unbranched alkanes of at least 4 members (excludes halogenated alkanes) is 2. The van der Waals surface area contributed by atoms with Crippen molar-refractivity contribution in [1.29, 1.82) is 0 Å². The number of rotatable bonds is 14. The molecule has 0 aromatic rings. The minimum absolute atomic E-state index is 0.0307. The zero-order chi connectivity index (χ0) is 20.0. The first kappa shape index (κ1) is 23.9. The number of carboxylic acids is 2. The van der Waals surface area contributed by atoms with Gasteiger partial charge in [0.15, 0.2) is 6.10 Å². The van der Waals surface area contributed by atoms with Crippen molar-refractivity contribution in [2.45, 2.75) is 51.0 Å². The van der Waals surface area contributed by atoms with Crippen molar-refractivity contribution in [3.8, 4) is 0 Å². The molecule has 1 unspecified atom stereocenters. The summed E-state index contributed by atoms with van der Waals surface area (Å²) in [4.78, 5) is 33.0. The molecule has 0 heterocycles. The van der Waals surface area contributed by atoms with Crippen LogP contribution in [0, 0.1) is 0 Å². The molecule has 1 N–H and O–H groups in total. The quantitative estimate of drug-likeness (QED) is 0.214. The highest BCUT2D eigenvalue weighted by Crippen LogP contribution is 2.09. The summed E-state index contributed by atoms with van der Waals surface area (Å²) in [5, 5.41) is 19.3. The third-order valence-electron chi connectivity index (χ3n) is 3.34. The second-order valence-corrected chi connectivity index (χ2v) is 7.18. The lowest BCUT2D eigenvalue weighted by molar-refractivity contribution is -0.873. The van der Waals surface area contributed by atoms with Crippen LogP contribution in [0.2, 0.25) is 0 Å². The predicted molar refractivity (Wildman–Crippen MR) is 96.0 cm³/mol. The summed E-state index contributed by atoms with van der Waals surface area (Å²) >= 11 is 0. The molecule has 26 heavy (non-hydrogen) atoms. The van der Waals surface area contributed by atoms with Gasteiger partial charge in [0.1, 0.15) is 6.54 Å². The number of hydrogen-bond donors (Lipinski definition) is 1. The molecule has 1 atom stereocenters. The van der Waals surface area contributed by atoms with Gasteiger partial charge in [0.05, 0.1) is 27.6 Å². The number of esters is 1. The molecule has 0 saturated heterocycles. The minimum Gasteiger partial charge on any atom is -0.550 e. The summed E-state index contributed by atoms with van der Waals surface area (Å²) in [6.07, 6.45) is 9.67. The highest BCUT2D eigenvalue weighted by Gasteiger charge is 2.22. The number of nitrogens with zero attached hydrogens (tertiary/aromatic N) is 1. The molecule has 0 aromatic carbocycles. The van der Waals surface area contributed by atoms with E-state index < -0.39 is 18.0 Å². The monoisotopic (exact) mass is 369 g/mol. The number of aliphatic carboxylic acids is 2. The lowest BCUT2D eigenvalue weighted by atomic mass is 10.1. The van der Waals surface area contributed by atoms with Crippen molar-refractivity contribution in [1.82, 2.24) is 0 Å². The topological polar surface area (TPSA) is 104 Å². The number of hydrogen-bond acceptors (Lipinski definition) is 5. The molecule has 0 spiro atoms. The van der Waals surface area contributed by atoms with Crippen LogP contribution in [0.3, 0.4) is 0 Å². The fraction of sp³-hybridized carbons (Fsp3) is 0.632. The van der Waals surface area contributed by atoms with E-state index >= 15 is 0 Å². The van der Waals surface area contributed by atoms with Gasteiger partial charge in [-0.2, -0.15) is 0 Å². The Balaban J connectivity index is 3.96. The zero-order valence-corrected chi connectivity index (χ0v) is 16.0. The number of carbonyl (C=O) groups is 3. The van der Waals surface area contributed by atoms with E-state index in [1.807, 2.05) is 33.3 Å². The molecule has 7 nitrogen and oxygen atoms in total. The number of carboxylic acid groups (broad SMARTS) is 2. The molecule has 148 valence electrons. The van der Waals surface area contributed by atoms with Gasteiger partial charge in [-0.15, -0.1) is 0 Å². The molecule has 0 aliphatic heterocycles. The Hall–Kier alpha value is -2.15. The van der Waals surface area contributed by atoms with Crippen molar-refractivity contribution >= 4 is 17.9 Å². The molecule has 7 heteroatoms. The number of quaternary nitrogens is 1. The Morgan fingerprint density at radius 3 is 2.31 bits per heavy atom. The van der Waals surface area contributed by atoms with Crippen LogP contribution < -0.4 is 5.11 Å². The first-order chi connectivity index (χ1) is 12.1. The van der Waals surface area contributed by atoms with E-state index in [0.717, 1.165) is 12.8 Å². The predicted octanol–water partition coefficient (Wildman–Crippen LogP) is 1.28. The first-order valence-corrected chi connectivity index (χ1v) is 8.81. The molecule has 0 aliphatic rings. The van der Waals surface area contributed by atoms with Gasteiger partial charge >= 0.3 is 11.9 Å². The summed E-state index contributed by atoms with van der Waals surface area (Å²) in [6, 6.07) is 0. The van der Waals surface area contributed by atoms with Crippen molar-refractivity contribution in [2.24, 2.45) is 0 Å². The van der Waals surface area contributed by atoms with Crippen LogP contribution in [0.25, 0.3) is 0 Å². The Morgan fingerprint density at radius 2 is 1.73 bits per heavy atom. The maximum absolute atomic E-state index is 11.9. The standard InChI is InChI=1S/C19H31NO6/c1-20(2,3)15-16(14-18(23)24)26-19(25)13-11-9-7-5-4-6-8-10-12-17(21)22/h4-5,8,10,16H,6-7,9,11-15H2,1-3H3,(H-,21,22,23,24)/b5-4+,10-8+. The number of allylic oxidation sites excluding steroid dienone is 3. The van der Waals surface area contributed by atoms with Crippen molar-refractivity contribution in [2.75, 3.05) is 27.7 Å².